The third-order valence-corrected chi connectivity index (χ3v) is 11.7. The van der Waals surface area contributed by atoms with E-state index in [0.29, 0.717) is 0 Å². The van der Waals surface area contributed by atoms with Crippen LogP contribution >= 0.6 is 0 Å². The van der Waals surface area contributed by atoms with Gasteiger partial charge in [0.05, 0.1) is 44.5 Å². The fourth-order valence-electron chi connectivity index (χ4n) is 9.35. The van der Waals surface area contributed by atoms with Gasteiger partial charge in [-0.05, 0) is 71.8 Å². The molecule has 56 heavy (non-hydrogen) atoms. The summed E-state index contributed by atoms with van der Waals surface area (Å²) in [5.41, 5.74) is 15.1. The van der Waals surface area contributed by atoms with E-state index in [1.165, 1.54) is 21.8 Å². The second kappa shape index (κ2) is 11.0. The lowest BCUT2D eigenvalue weighted by atomic mass is 9.50. The third kappa shape index (κ3) is 3.98. The van der Waals surface area contributed by atoms with Gasteiger partial charge < -0.3 is 14.0 Å². The van der Waals surface area contributed by atoms with Crippen LogP contribution in [0.1, 0.15) is 0 Å². The van der Waals surface area contributed by atoms with Gasteiger partial charge in [0.25, 0.3) is 0 Å². The molecule has 6 nitrogen and oxygen atoms in total. The van der Waals surface area contributed by atoms with Gasteiger partial charge in [0.15, 0.2) is 0 Å². The van der Waals surface area contributed by atoms with E-state index in [-0.39, 0.29) is 6.92 Å². The van der Waals surface area contributed by atoms with Gasteiger partial charge in [-0.1, -0.05) is 109 Å². The standard InChI is InChI=1S/C49H29BN4O2/c1-6-18-39(53-40-19-7-2-14-33(40)34-15-3-8-20-41(34)53)32(13-1)30-25-26-46-37(27-30)50-48-36(35-16-4-12-24-45(35)56-50)28-31(29-47(48)55-46)52-43-22-10-11-23-44(43)54-42-21-9-5-17-38(42)51-49(52)54/h1-29H. The lowest BCUT2D eigenvalue weighted by molar-refractivity contribution is 0.479. The first kappa shape index (κ1) is 29.9. The molecule has 0 bridgehead atoms. The van der Waals surface area contributed by atoms with E-state index < -0.39 is 0 Å². The molecule has 0 N–H and O–H groups in total. The second-order valence-corrected chi connectivity index (χ2v) is 14.7. The Hall–Kier alpha value is -7.51. The first-order chi connectivity index (χ1) is 27.8. The minimum atomic E-state index is -0.358. The normalized spacial score (nSPS) is 12.9. The molecule has 0 saturated carbocycles. The number of benzene rings is 8. The van der Waals surface area contributed by atoms with E-state index >= 15 is 0 Å². The molecule has 0 aliphatic carbocycles. The van der Waals surface area contributed by atoms with Crippen LogP contribution in [0, 0.1) is 0 Å². The van der Waals surface area contributed by atoms with Crippen molar-refractivity contribution in [2.24, 2.45) is 0 Å². The number of para-hydroxylation sites is 8. The average Bonchev–Trinajstić information content (AvgIpc) is 3.90. The number of hydrogen-bond donors (Lipinski definition) is 0. The number of imidazole rings is 2. The highest BCUT2D eigenvalue weighted by Gasteiger charge is 2.41. The molecule has 3 aromatic heterocycles. The smallest absolute Gasteiger partial charge is 0.434 e. The Morgan fingerprint density at radius 1 is 0.464 bits per heavy atom. The lowest BCUT2D eigenvalue weighted by Crippen LogP contribution is -2.53. The van der Waals surface area contributed by atoms with Crippen molar-refractivity contribution in [2.75, 3.05) is 0 Å². The zero-order valence-corrected chi connectivity index (χ0v) is 29.9. The summed E-state index contributed by atoms with van der Waals surface area (Å²) in [5, 5.41) is 2.48. The topological polar surface area (TPSA) is 45.6 Å². The first-order valence-electron chi connectivity index (χ1n) is 19.0. The summed E-state index contributed by atoms with van der Waals surface area (Å²) < 4.78 is 20.8. The van der Waals surface area contributed by atoms with Crippen LogP contribution in [0.15, 0.2) is 176 Å². The molecule has 0 fully saturated rings. The predicted octanol–water partition coefficient (Wildman–Crippen LogP) is 10.5. The quantitative estimate of drug-likeness (QED) is 0.171. The maximum atomic E-state index is 6.98. The number of fused-ring (bicyclic) bond motifs is 12. The van der Waals surface area contributed by atoms with Gasteiger partial charge in [-0.3, -0.25) is 8.97 Å². The summed E-state index contributed by atoms with van der Waals surface area (Å²) in [5.74, 6) is 3.29. The monoisotopic (exact) mass is 716 g/mol. The Bertz CT molecular complexity index is 3410. The first-order valence-corrected chi connectivity index (χ1v) is 19.0. The van der Waals surface area contributed by atoms with Crippen LogP contribution in [0.25, 0.3) is 83.3 Å². The molecule has 13 rings (SSSR count). The number of rotatable bonds is 3. The molecule has 5 heterocycles. The number of nitrogens with zero attached hydrogens (tertiary/aromatic N) is 4. The van der Waals surface area contributed by atoms with Crippen molar-refractivity contribution in [2.45, 2.75) is 0 Å². The van der Waals surface area contributed by atoms with Gasteiger partial charge in [0.2, 0.25) is 5.78 Å². The fourth-order valence-corrected chi connectivity index (χ4v) is 9.35. The van der Waals surface area contributed by atoms with E-state index in [4.69, 9.17) is 14.4 Å². The summed E-state index contributed by atoms with van der Waals surface area (Å²) in [6.07, 6.45) is 0. The molecule has 0 spiro atoms. The highest BCUT2D eigenvalue weighted by molar-refractivity contribution is 6.84. The molecule has 2 aliphatic rings. The average molecular weight is 717 g/mol. The van der Waals surface area contributed by atoms with Gasteiger partial charge >= 0.3 is 6.92 Å². The minimum absolute atomic E-state index is 0.358. The van der Waals surface area contributed by atoms with Gasteiger partial charge in [0.1, 0.15) is 17.2 Å². The van der Waals surface area contributed by atoms with Crippen molar-refractivity contribution in [3.05, 3.63) is 176 Å². The molecule has 0 unspecified atom stereocenters. The minimum Gasteiger partial charge on any atom is -0.551 e. The van der Waals surface area contributed by atoms with Gasteiger partial charge in [-0.15, -0.1) is 0 Å². The molecule has 7 heteroatoms. The fraction of sp³-hybridized carbons (Fsp3) is 0. The summed E-state index contributed by atoms with van der Waals surface area (Å²) >= 11 is 0. The Morgan fingerprint density at radius 2 is 1.12 bits per heavy atom. The Labute approximate surface area is 321 Å². The van der Waals surface area contributed by atoms with E-state index in [9.17, 15) is 0 Å². The van der Waals surface area contributed by atoms with Crippen LogP contribution in [-0.2, 0) is 0 Å². The lowest BCUT2D eigenvalue weighted by Gasteiger charge is -2.33. The third-order valence-electron chi connectivity index (χ3n) is 11.7. The maximum absolute atomic E-state index is 6.98. The number of hydrogen-bond acceptors (Lipinski definition) is 3. The number of aromatic nitrogens is 4. The molecule has 11 aromatic rings. The highest BCUT2D eigenvalue weighted by Crippen LogP contribution is 2.43. The van der Waals surface area contributed by atoms with Crippen molar-refractivity contribution in [3.63, 3.8) is 0 Å². The molecule has 260 valence electrons. The van der Waals surface area contributed by atoms with E-state index in [1.54, 1.807) is 0 Å². The molecule has 8 aromatic carbocycles. The van der Waals surface area contributed by atoms with Gasteiger partial charge in [-0.25, -0.2) is 4.98 Å². The van der Waals surface area contributed by atoms with E-state index in [2.05, 4.69) is 177 Å². The van der Waals surface area contributed by atoms with Crippen molar-refractivity contribution < 1.29 is 9.39 Å². The van der Waals surface area contributed by atoms with E-state index in [0.717, 1.165) is 89.6 Å². The van der Waals surface area contributed by atoms with Crippen LogP contribution in [0.3, 0.4) is 0 Å². The molecular weight excluding hydrogens is 687 g/mol. The van der Waals surface area contributed by atoms with Crippen LogP contribution < -0.4 is 20.3 Å². The predicted molar refractivity (Wildman–Crippen MR) is 227 cm³/mol. The Balaban J connectivity index is 1.01. The SMILES string of the molecule is c1ccc2c(c1)OB1c3cc(-c4ccccc4-n4c5ccccc5c5ccccc54)ccc3Oc3cc(-n4c5ccccc5n5c6ccccc6nc45)cc-2c31. The van der Waals surface area contributed by atoms with Crippen LogP contribution in [0.4, 0.5) is 0 Å². The Kier molecular flexibility index (Phi) is 5.89. The summed E-state index contributed by atoms with van der Waals surface area (Å²) in [6.45, 7) is -0.358. The van der Waals surface area contributed by atoms with Gasteiger partial charge in [-0.2, -0.15) is 0 Å². The van der Waals surface area contributed by atoms with Crippen LogP contribution in [0.5, 0.6) is 17.2 Å². The van der Waals surface area contributed by atoms with Crippen molar-refractivity contribution in [1.29, 1.82) is 0 Å². The van der Waals surface area contributed by atoms with Crippen LogP contribution in [0.2, 0.25) is 0 Å². The molecule has 2 aliphatic heterocycles. The Morgan fingerprint density at radius 3 is 1.95 bits per heavy atom. The maximum Gasteiger partial charge on any atom is 0.434 e. The second-order valence-electron chi connectivity index (χ2n) is 14.7. The van der Waals surface area contributed by atoms with Gasteiger partial charge in [0, 0.05) is 38.9 Å². The summed E-state index contributed by atoms with van der Waals surface area (Å²) in [4.78, 5) is 5.16. The zero-order valence-electron chi connectivity index (χ0n) is 29.9. The van der Waals surface area contributed by atoms with Crippen LogP contribution in [-0.4, -0.2) is 25.4 Å². The summed E-state index contributed by atoms with van der Waals surface area (Å²) in [7, 11) is 0. The van der Waals surface area contributed by atoms with Crippen molar-refractivity contribution in [1.82, 2.24) is 18.5 Å². The van der Waals surface area contributed by atoms with Crippen molar-refractivity contribution in [3.8, 4) is 50.9 Å². The van der Waals surface area contributed by atoms with E-state index in [1.807, 2.05) is 12.1 Å². The molecule has 0 amide bonds. The highest BCUT2D eigenvalue weighted by atomic mass is 16.5. The molecular formula is C49H29BN4O2. The zero-order chi connectivity index (χ0) is 36.5. The van der Waals surface area contributed by atoms with Crippen molar-refractivity contribution >= 4 is 67.5 Å². The molecule has 0 saturated heterocycles. The largest absolute Gasteiger partial charge is 0.551 e. The molecule has 0 atom stereocenters. The number of ether oxygens (including phenoxy) is 1. The summed E-state index contributed by atoms with van der Waals surface area (Å²) in [6, 6.07) is 62.2. The molecule has 0 radical (unpaired) electrons.